The number of hydrogen-bond acceptors (Lipinski definition) is 7. The summed E-state index contributed by atoms with van der Waals surface area (Å²) in [7, 11) is 0. The largest absolute Gasteiger partial charge is 0.394 e. The smallest absolute Gasteiger partial charge is 0.221 e. The van der Waals surface area contributed by atoms with E-state index in [4.69, 9.17) is 9.84 Å². The molecule has 1 fully saturated rings. The van der Waals surface area contributed by atoms with E-state index in [0.717, 1.165) is 0 Å². The molecule has 1 aromatic carbocycles. The van der Waals surface area contributed by atoms with Crippen LogP contribution in [0.2, 0.25) is 0 Å². The lowest BCUT2D eigenvalue weighted by Crippen LogP contribution is -2.40. The number of aliphatic hydroxyl groups is 4. The molecule has 0 radical (unpaired) electrons. The van der Waals surface area contributed by atoms with Crippen molar-refractivity contribution in [3.05, 3.63) is 24.3 Å². The molecule has 1 saturated heterocycles. The summed E-state index contributed by atoms with van der Waals surface area (Å²) in [6.45, 7) is 0.829. The second kappa shape index (κ2) is 7.03. The molecule has 5 unspecified atom stereocenters. The average Bonchev–Trinajstić information content (AvgIpc) is 2.76. The third-order valence-electron chi connectivity index (χ3n) is 3.38. The van der Waals surface area contributed by atoms with Crippen LogP contribution in [0, 0.1) is 0 Å². The maximum atomic E-state index is 10.9. The molecule has 122 valence electrons. The number of carbonyl (C=O) groups excluding carboxylic acids is 1. The third kappa shape index (κ3) is 3.73. The van der Waals surface area contributed by atoms with Crippen LogP contribution in [0.1, 0.15) is 6.92 Å². The van der Waals surface area contributed by atoms with Crippen molar-refractivity contribution in [3.8, 4) is 0 Å². The van der Waals surface area contributed by atoms with Crippen molar-refractivity contribution in [1.82, 2.24) is 0 Å². The first kappa shape index (κ1) is 16.7. The number of ether oxygens (including phenoxy) is 1. The Balaban J connectivity index is 2.00. The molecule has 0 aliphatic carbocycles. The van der Waals surface area contributed by atoms with Gasteiger partial charge in [-0.15, -0.1) is 0 Å². The molecule has 5 atom stereocenters. The van der Waals surface area contributed by atoms with Crippen LogP contribution >= 0.6 is 0 Å². The molecule has 0 saturated carbocycles. The van der Waals surface area contributed by atoms with Crippen molar-refractivity contribution in [2.24, 2.45) is 0 Å². The van der Waals surface area contributed by atoms with Crippen molar-refractivity contribution in [3.63, 3.8) is 0 Å². The Hall–Kier alpha value is -1.71. The van der Waals surface area contributed by atoms with Crippen LogP contribution in [0.25, 0.3) is 0 Å². The highest BCUT2D eigenvalue weighted by molar-refractivity contribution is 5.88. The molecule has 6 N–H and O–H groups in total. The van der Waals surface area contributed by atoms with Gasteiger partial charge in [-0.1, -0.05) is 0 Å². The number of anilines is 2. The van der Waals surface area contributed by atoms with E-state index in [1.165, 1.54) is 6.92 Å². The van der Waals surface area contributed by atoms with Crippen LogP contribution in [-0.4, -0.2) is 63.6 Å². The predicted molar refractivity (Wildman–Crippen MR) is 78.1 cm³/mol. The Bertz CT molecular complexity index is 509. The van der Waals surface area contributed by atoms with Gasteiger partial charge in [0.15, 0.2) is 6.23 Å². The first-order valence-corrected chi connectivity index (χ1v) is 6.87. The lowest BCUT2D eigenvalue weighted by molar-refractivity contribution is -0.114. The molecule has 1 aromatic rings. The number of benzene rings is 1. The first-order chi connectivity index (χ1) is 10.4. The predicted octanol–water partition coefficient (Wildman–Crippen LogP) is -1.14. The van der Waals surface area contributed by atoms with Crippen molar-refractivity contribution in [2.75, 3.05) is 17.2 Å². The fraction of sp³-hybridized carbons (Fsp3) is 0.500. The minimum atomic E-state index is -1.31. The second-order valence-corrected chi connectivity index (χ2v) is 5.16. The van der Waals surface area contributed by atoms with Crippen LogP contribution in [0.5, 0.6) is 0 Å². The summed E-state index contributed by atoms with van der Waals surface area (Å²) in [5, 5.41) is 43.7. The molecule has 1 amide bonds. The van der Waals surface area contributed by atoms with E-state index in [9.17, 15) is 20.1 Å². The molecular weight excluding hydrogens is 292 g/mol. The normalized spacial score (nSPS) is 29.1. The molecule has 0 bridgehead atoms. The fourth-order valence-electron chi connectivity index (χ4n) is 2.26. The van der Waals surface area contributed by atoms with Crippen LogP contribution < -0.4 is 10.6 Å². The molecule has 1 aliphatic heterocycles. The summed E-state index contributed by atoms with van der Waals surface area (Å²) in [5.74, 6) is -0.181. The van der Waals surface area contributed by atoms with E-state index >= 15 is 0 Å². The van der Waals surface area contributed by atoms with Gasteiger partial charge in [-0.05, 0) is 24.3 Å². The Morgan fingerprint density at radius 1 is 1.23 bits per heavy atom. The van der Waals surface area contributed by atoms with E-state index in [1.54, 1.807) is 24.3 Å². The lowest BCUT2D eigenvalue weighted by Gasteiger charge is -2.19. The molecule has 8 heteroatoms. The molecule has 0 spiro atoms. The monoisotopic (exact) mass is 312 g/mol. The van der Waals surface area contributed by atoms with Crippen molar-refractivity contribution < 1.29 is 30.0 Å². The molecule has 1 aliphatic rings. The van der Waals surface area contributed by atoms with Crippen molar-refractivity contribution in [1.29, 1.82) is 0 Å². The van der Waals surface area contributed by atoms with Gasteiger partial charge in [0.1, 0.15) is 24.4 Å². The summed E-state index contributed by atoms with van der Waals surface area (Å²) >= 11 is 0. The van der Waals surface area contributed by atoms with Crippen LogP contribution in [0.15, 0.2) is 24.3 Å². The fourth-order valence-corrected chi connectivity index (χ4v) is 2.26. The zero-order valence-corrected chi connectivity index (χ0v) is 12.0. The number of carbonyl (C=O) groups is 1. The van der Waals surface area contributed by atoms with E-state index < -0.39 is 37.3 Å². The topological polar surface area (TPSA) is 131 Å². The highest BCUT2D eigenvalue weighted by Gasteiger charge is 2.45. The molecular formula is C14H20N2O6. The zero-order chi connectivity index (χ0) is 16.3. The Kier molecular flexibility index (Phi) is 5.33. The van der Waals surface area contributed by atoms with E-state index in [-0.39, 0.29) is 5.91 Å². The number of amides is 1. The molecule has 0 aromatic heterocycles. The minimum Gasteiger partial charge on any atom is -0.394 e. The van der Waals surface area contributed by atoms with Crippen LogP contribution in [-0.2, 0) is 9.53 Å². The van der Waals surface area contributed by atoms with E-state index in [1.807, 2.05) is 0 Å². The van der Waals surface area contributed by atoms with Crippen LogP contribution in [0.3, 0.4) is 0 Å². The highest BCUT2D eigenvalue weighted by atomic mass is 16.6. The molecule has 8 nitrogen and oxygen atoms in total. The quantitative estimate of drug-likeness (QED) is 0.405. The van der Waals surface area contributed by atoms with Gasteiger partial charge in [-0.25, -0.2) is 0 Å². The second-order valence-electron chi connectivity index (χ2n) is 5.16. The maximum Gasteiger partial charge on any atom is 0.221 e. The van der Waals surface area contributed by atoms with Crippen molar-refractivity contribution >= 4 is 17.3 Å². The Labute approximate surface area is 127 Å². The van der Waals surface area contributed by atoms with Gasteiger partial charge < -0.3 is 35.8 Å². The average molecular weight is 312 g/mol. The summed E-state index contributed by atoms with van der Waals surface area (Å²) in [6.07, 6.45) is -5.83. The summed E-state index contributed by atoms with van der Waals surface area (Å²) in [6, 6.07) is 6.68. The number of nitrogens with one attached hydrogen (secondary N) is 2. The number of aliphatic hydroxyl groups excluding tert-OH is 4. The minimum absolute atomic E-state index is 0.181. The first-order valence-electron chi connectivity index (χ1n) is 6.87. The Morgan fingerprint density at radius 3 is 2.36 bits per heavy atom. The van der Waals surface area contributed by atoms with Gasteiger partial charge in [-0.2, -0.15) is 0 Å². The summed E-state index contributed by atoms with van der Waals surface area (Å²) in [4.78, 5) is 10.9. The number of rotatable bonds is 5. The number of hydrogen-bond donors (Lipinski definition) is 6. The van der Waals surface area contributed by atoms with Crippen LogP contribution in [0.4, 0.5) is 11.4 Å². The maximum absolute atomic E-state index is 10.9. The third-order valence-corrected chi connectivity index (χ3v) is 3.38. The lowest BCUT2D eigenvalue weighted by atomic mass is 10.1. The summed E-state index contributed by atoms with van der Waals surface area (Å²) < 4.78 is 5.35. The van der Waals surface area contributed by atoms with Gasteiger partial charge in [0.2, 0.25) is 5.91 Å². The van der Waals surface area contributed by atoms with Gasteiger partial charge in [0, 0.05) is 18.3 Å². The SMILES string of the molecule is CC(=O)Nc1ccc(NC2OC(C(O)CO)C(O)C2O)cc1. The summed E-state index contributed by atoms with van der Waals surface area (Å²) in [5.41, 5.74) is 1.23. The standard InChI is InChI=1S/C14H20N2O6/c1-7(18)15-8-2-4-9(5-3-8)16-14-12(21)11(20)13(22-14)10(19)6-17/h2-5,10-14,16-17,19-21H,6H2,1H3,(H,15,18). The Morgan fingerprint density at radius 2 is 1.82 bits per heavy atom. The van der Waals surface area contributed by atoms with Gasteiger partial charge >= 0.3 is 0 Å². The van der Waals surface area contributed by atoms with Gasteiger partial charge in [0.25, 0.3) is 0 Å². The zero-order valence-electron chi connectivity index (χ0n) is 12.0. The molecule has 22 heavy (non-hydrogen) atoms. The highest BCUT2D eigenvalue weighted by Crippen LogP contribution is 2.25. The van der Waals surface area contributed by atoms with Gasteiger partial charge in [0.05, 0.1) is 6.61 Å². The van der Waals surface area contributed by atoms with Gasteiger partial charge in [-0.3, -0.25) is 4.79 Å². The van der Waals surface area contributed by atoms with E-state index in [2.05, 4.69) is 10.6 Å². The molecule has 1 heterocycles. The van der Waals surface area contributed by atoms with Crippen molar-refractivity contribution in [2.45, 2.75) is 37.6 Å². The molecule has 2 rings (SSSR count). The van der Waals surface area contributed by atoms with E-state index in [0.29, 0.717) is 11.4 Å².